The molecular weight excluding hydrogens is 319 g/mol. The van der Waals surface area contributed by atoms with Crippen LogP contribution >= 0.6 is 0 Å². The third-order valence-electron chi connectivity index (χ3n) is 3.44. The summed E-state index contributed by atoms with van der Waals surface area (Å²) < 4.78 is 43.6. The normalized spacial score (nSPS) is 12.3. The van der Waals surface area contributed by atoms with E-state index in [1.807, 2.05) is 27.7 Å². The Kier molecular flexibility index (Phi) is 4.78. The van der Waals surface area contributed by atoms with Gasteiger partial charge >= 0.3 is 6.18 Å². The van der Waals surface area contributed by atoms with Crippen LogP contribution in [0.1, 0.15) is 49.2 Å². The van der Waals surface area contributed by atoms with Crippen molar-refractivity contribution in [2.24, 2.45) is 0 Å². The molecule has 0 unspecified atom stereocenters. The molecular formula is C18H20F3NO2. The summed E-state index contributed by atoms with van der Waals surface area (Å²) in [5.41, 5.74) is 0.339. The number of aryl methyl sites for hydroxylation is 1. The third-order valence-corrected chi connectivity index (χ3v) is 3.44. The smallest absolute Gasteiger partial charge is 0.416 e. The summed E-state index contributed by atoms with van der Waals surface area (Å²) in [7, 11) is 0. The van der Waals surface area contributed by atoms with Gasteiger partial charge in [0.25, 0.3) is 5.91 Å². The molecule has 3 nitrogen and oxygen atoms in total. The Hall–Kier alpha value is -2.24. The predicted molar refractivity (Wildman–Crippen MR) is 85.7 cm³/mol. The number of rotatable bonds is 3. The van der Waals surface area contributed by atoms with Crippen LogP contribution in [-0.4, -0.2) is 11.4 Å². The van der Waals surface area contributed by atoms with Crippen LogP contribution in [0.3, 0.4) is 0 Å². The van der Waals surface area contributed by atoms with Crippen LogP contribution in [0.15, 0.2) is 34.9 Å². The van der Waals surface area contributed by atoms with Gasteiger partial charge in [0.05, 0.1) is 17.4 Å². The van der Waals surface area contributed by atoms with Crippen molar-refractivity contribution in [1.82, 2.24) is 5.32 Å². The lowest BCUT2D eigenvalue weighted by molar-refractivity contribution is -0.137. The minimum atomic E-state index is -4.40. The van der Waals surface area contributed by atoms with E-state index < -0.39 is 17.3 Å². The topological polar surface area (TPSA) is 42.2 Å². The minimum absolute atomic E-state index is 0.280. The van der Waals surface area contributed by atoms with Gasteiger partial charge in [-0.15, -0.1) is 0 Å². The molecule has 0 spiro atoms. The van der Waals surface area contributed by atoms with Gasteiger partial charge in [0.15, 0.2) is 0 Å². The largest absolute Gasteiger partial charge is 0.463 e. The lowest BCUT2D eigenvalue weighted by Gasteiger charge is -2.21. The van der Waals surface area contributed by atoms with Crippen molar-refractivity contribution < 1.29 is 22.4 Å². The van der Waals surface area contributed by atoms with E-state index in [1.165, 1.54) is 18.4 Å². The van der Waals surface area contributed by atoms with E-state index >= 15 is 0 Å². The standard InChI is InChI=1S/C18H20F3NO2/c1-5-11-10-24-15(14(11)16(23)22-17(2,3)4)12-6-8-13(9-7-12)18(19,20)21/h6-10H,5H2,1-4H3,(H,22,23). The second-order valence-electron chi connectivity index (χ2n) is 6.60. The first-order chi connectivity index (χ1) is 11.0. The zero-order valence-corrected chi connectivity index (χ0v) is 14.0. The number of nitrogens with one attached hydrogen (secondary N) is 1. The molecule has 1 heterocycles. The van der Waals surface area contributed by atoms with Gasteiger partial charge in [-0.1, -0.05) is 19.1 Å². The van der Waals surface area contributed by atoms with E-state index in [-0.39, 0.29) is 11.7 Å². The molecule has 0 atom stereocenters. The first-order valence-electron chi connectivity index (χ1n) is 7.63. The fourth-order valence-electron chi connectivity index (χ4n) is 2.33. The molecule has 130 valence electrons. The highest BCUT2D eigenvalue weighted by Crippen LogP contribution is 2.33. The van der Waals surface area contributed by atoms with Gasteiger partial charge in [0.2, 0.25) is 0 Å². The molecule has 0 aliphatic carbocycles. The van der Waals surface area contributed by atoms with E-state index in [0.717, 1.165) is 12.1 Å². The van der Waals surface area contributed by atoms with Gasteiger partial charge in [-0.3, -0.25) is 4.79 Å². The summed E-state index contributed by atoms with van der Waals surface area (Å²) in [5.74, 6) is -0.0228. The Balaban J connectivity index is 2.44. The van der Waals surface area contributed by atoms with Crippen molar-refractivity contribution in [3.63, 3.8) is 0 Å². The van der Waals surface area contributed by atoms with Crippen molar-refractivity contribution >= 4 is 5.91 Å². The molecule has 2 aromatic rings. The Morgan fingerprint density at radius 2 is 1.71 bits per heavy atom. The number of furan rings is 1. The van der Waals surface area contributed by atoms with Crippen molar-refractivity contribution in [3.8, 4) is 11.3 Å². The molecule has 1 aromatic carbocycles. The first-order valence-corrected chi connectivity index (χ1v) is 7.63. The van der Waals surface area contributed by atoms with Crippen LogP contribution in [0, 0.1) is 0 Å². The number of halogens is 3. The van der Waals surface area contributed by atoms with Gasteiger partial charge in [-0.05, 0) is 39.3 Å². The van der Waals surface area contributed by atoms with Gasteiger partial charge < -0.3 is 9.73 Å². The Bertz CT molecular complexity index is 722. The van der Waals surface area contributed by atoms with Crippen LogP contribution < -0.4 is 5.32 Å². The van der Waals surface area contributed by atoms with Crippen LogP contribution in [0.2, 0.25) is 0 Å². The molecule has 1 aromatic heterocycles. The zero-order valence-electron chi connectivity index (χ0n) is 14.0. The average molecular weight is 339 g/mol. The van der Waals surface area contributed by atoms with Crippen LogP contribution in [0.4, 0.5) is 13.2 Å². The van der Waals surface area contributed by atoms with E-state index in [0.29, 0.717) is 23.1 Å². The quantitative estimate of drug-likeness (QED) is 0.849. The van der Waals surface area contributed by atoms with E-state index in [4.69, 9.17) is 4.42 Å². The van der Waals surface area contributed by atoms with Gasteiger partial charge in [0, 0.05) is 16.7 Å². The molecule has 0 aliphatic heterocycles. The highest BCUT2D eigenvalue weighted by atomic mass is 19.4. The maximum atomic E-state index is 12.7. The Morgan fingerprint density at radius 1 is 1.12 bits per heavy atom. The second kappa shape index (κ2) is 6.34. The van der Waals surface area contributed by atoms with Crippen LogP contribution in [-0.2, 0) is 12.6 Å². The number of carbonyl (C=O) groups is 1. The molecule has 0 bridgehead atoms. The predicted octanol–water partition coefficient (Wildman–Crippen LogP) is 5.06. The number of alkyl halides is 3. The van der Waals surface area contributed by atoms with Crippen molar-refractivity contribution in [3.05, 3.63) is 47.2 Å². The van der Waals surface area contributed by atoms with Crippen molar-refractivity contribution in [2.75, 3.05) is 0 Å². The van der Waals surface area contributed by atoms with E-state index in [9.17, 15) is 18.0 Å². The number of benzene rings is 1. The molecule has 2 rings (SSSR count). The van der Waals surface area contributed by atoms with Gasteiger partial charge in [-0.2, -0.15) is 13.2 Å². The summed E-state index contributed by atoms with van der Waals surface area (Å²) in [4.78, 5) is 12.6. The Labute approximate surface area is 138 Å². The summed E-state index contributed by atoms with van der Waals surface area (Å²) >= 11 is 0. The Morgan fingerprint density at radius 3 is 2.17 bits per heavy atom. The highest BCUT2D eigenvalue weighted by molar-refractivity contribution is 6.01. The summed E-state index contributed by atoms with van der Waals surface area (Å²) in [6, 6.07) is 4.59. The van der Waals surface area contributed by atoms with Crippen molar-refractivity contribution in [1.29, 1.82) is 0 Å². The molecule has 6 heteroatoms. The zero-order chi connectivity index (χ0) is 18.1. The van der Waals surface area contributed by atoms with Gasteiger partial charge in [0.1, 0.15) is 5.76 Å². The number of carbonyl (C=O) groups excluding carboxylic acids is 1. The summed E-state index contributed by atoms with van der Waals surface area (Å²) in [5, 5.41) is 2.86. The lowest BCUT2D eigenvalue weighted by Crippen LogP contribution is -2.40. The highest BCUT2D eigenvalue weighted by Gasteiger charge is 2.30. The second-order valence-corrected chi connectivity index (χ2v) is 6.60. The third kappa shape index (κ3) is 3.99. The average Bonchev–Trinajstić information content (AvgIpc) is 2.88. The lowest BCUT2D eigenvalue weighted by atomic mass is 10.0. The molecule has 24 heavy (non-hydrogen) atoms. The summed E-state index contributed by atoms with van der Waals surface area (Å²) in [6.07, 6.45) is -2.34. The SMILES string of the molecule is CCc1coc(-c2ccc(C(F)(F)F)cc2)c1C(=O)NC(C)(C)C. The number of hydrogen-bond donors (Lipinski definition) is 1. The molecule has 0 fully saturated rings. The fourth-order valence-corrected chi connectivity index (χ4v) is 2.33. The number of hydrogen-bond acceptors (Lipinski definition) is 2. The maximum absolute atomic E-state index is 12.7. The molecule has 1 N–H and O–H groups in total. The molecule has 0 saturated carbocycles. The van der Waals surface area contributed by atoms with E-state index in [2.05, 4.69) is 5.32 Å². The molecule has 0 radical (unpaired) electrons. The maximum Gasteiger partial charge on any atom is 0.416 e. The molecule has 1 amide bonds. The molecule has 0 aliphatic rings. The van der Waals surface area contributed by atoms with Crippen LogP contribution in [0.5, 0.6) is 0 Å². The summed E-state index contributed by atoms with van der Waals surface area (Å²) in [6.45, 7) is 7.45. The first kappa shape index (κ1) is 18.1. The molecule has 0 saturated heterocycles. The monoisotopic (exact) mass is 339 g/mol. The van der Waals surface area contributed by atoms with Crippen molar-refractivity contribution in [2.45, 2.75) is 45.8 Å². The van der Waals surface area contributed by atoms with Crippen LogP contribution in [0.25, 0.3) is 11.3 Å². The number of amides is 1. The fraction of sp³-hybridized carbons (Fsp3) is 0.389. The van der Waals surface area contributed by atoms with E-state index in [1.54, 1.807) is 0 Å². The van der Waals surface area contributed by atoms with Gasteiger partial charge in [-0.25, -0.2) is 0 Å². The minimum Gasteiger partial charge on any atom is -0.463 e.